The van der Waals surface area contributed by atoms with Gasteiger partial charge in [-0.25, -0.2) is 4.98 Å². The minimum atomic E-state index is 0.109. The molecule has 5 nitrogen and oxygen atoms in total. The van der Waals surface area contributed by atoms with Gasteiger partial charge < -0.3 is 14.8 Å². The number of imidazole rings is 1. The normalized spacial score (nSPS) is 10.4. The van der Waals surface area contributed by atoms with Gasteiger partial charge in [0.25, 0.3) is 0 Å². The largest absolute Gasteiger partial charge is 0.344 e. The molecule has 0 saturated carbocycles. The van der Waals surface area contributed by atoms with Crippen molar-refractivity contribution in [2.75, 3.05) is 20.1 Å². The van der Waals surface area contributed by atoms with Crippen LogP contribution in [0.5, 0.6) is 0 Å². The highest BCUT2D eigenvalue weighted by atomic mass is 16.2. The van der Waals surface area contributed by atoms with Gasteiger partial charge in [-0.15, -0.1) is 0 Å². The second kappa shape index (κ2) is 6.27. The molecule has 0 aromatic carbocycles. The van der Waals surface area contributed by atoms with Crippen molar-refractivity contribution in [3.8, 4) is 0 Å². The van der Waals surface area contributed by atoms with Gasteiger partial charge in [0.05, 0.1) is 12.0 Å². The van der Waals surface area contributed by atoms with E-state index in [9.17, 15) is 4.79 Å². The van der Waals surface area contributed by atoms with Crippen molar-refractivity contribution in [1.82, 2.24) is 19.8 Å². The third kappa shape index (κ3) is 3.34. The van der Waals surface area contributed by atoms with E-state index in [1.807, 2.05) is 18.5 Å². The van der Waals surface area contributed by atoms with Gasteiger partial charge >= 0.3 is 0 Å². The predicted octanol–water partition coefficient (Wildman–Crippen LogP) is 0.471. The number of carbonyl (C=O) groups excluding carboxylic acids is 1. The minimum Gasteiger partial charge on any atom is -0.344 e. The van der Waals surface area contributed by atoms with E-state index in [4.69, 9.17) is 0 Å². The molecule has 0 radical (unpaired) electrons. The number of amides is 1. The Morgan fingerprint density at radius 2 is 2.31 bits per heavy atom. The molecule has 1 rings (SSSR count). The lowest BCUT2D eigenvalue weighted by Crippen LogP contribution is -2.30. The SMILES string of the molecule is CCNCc1cncn1CC(=O)N(C)CC. The van der Waals surface area contributed by atoms with Gasteiger partial charge in [-0.3, -0.25) is 4.79 Å². The van der Waals surface area contributed by atoms with Crippen molar-refractivity contribution >= 4 is 5.91 Å². The van der Waals surface area contributed by atoms with E-state index in [1.54, 1.807) is 17.4 Å². The summed E-state index contributed by atoms with van der Waals surface area (Å²) in [5.41, 5.74) is 1.04. The molecule has 0 bridgehead atoms. The minimum absolute atomic E-state index is 0.109. The lowest BCUT2D eigenvalue weighted by Gasteiger charge is -2.15. The smallest absolute Gasteiger partial charge is 0.242 e. The van der Waals surface area contributed by atoms with E-state index in [1.165, 1.54) is 0 Å². The zero-order valence-electron chi connectivity index (χ0n) is 10.2. The molecule has 1 aromatic rings. The van der Waals surface area contributed by atoms with Crippen LogP contribution in [0.25, 0.3) is 0 Å². The molecule has 90 valence electrons. The van der Waals surface area contributed by atoms with Crippen molar-refractivity contribution in [2.45, 2.75) is 26.9 Å². The van der Waals surface area contributed by atoms with Gasteiger partial charge in [0, 0.05) is 26.3 Å². The Morgan fingerprint density at radius 3 is 2.94 bits per heavy atom. The van der Waals surface area contributed by atoms with E-state index in [-0.39, 0.29) is 5.91 Å². The van der Waals surface area contributed by atoms with E-state index in [0.29, 0.717) is 6.54 Å². The quantitative estimate of drug-likeness (QED) is 0.764. The lowest BCUT2D eigenvalue weighted by molar-refractivity contribution is -0.130. The molecule has 1 N–H and O–H groups in total. The zero-order valence-corrected chi connectivity index (χ0v) is 10.2. The first-order valence-corrected chi connectivity index (χ1v) is 5.62. The molecule has 0 aliphatic carbocycles. The molecule has 0 unspecified atom stereocenters. The van der Waals surface area contributed by atoms with Crippen LogP contribution >= 0.6 is 0 Å². The van der Waals surface area contributed by atoms with Crippen LogP contribution in [0.2, 0.25) is 0 Å². The number of hydrogen-bond donors (Lipinski definition) is 1. The van der Waals surface area contributed by atoms with Gasteiger partial charge in [0.2, 0.25) is 5.91 Å². The lowest BCUT2D eigenvalue weighted by atomic mass is 10.4. The topological polar surface area (TPSA) is 50.2 Å². The van der Waals surface area contributed by atoms with Crippen molar-refractivity contribution < 1.29 is 4.79 Å². The molecule has 0 aliphatic rings. The summed E-state index contributed by atoms with van der Waals surface area (Å²) in [5, 5.41) is 3.22. The molecule has 0 spiro atoms. The van der Waals surface area contributed by atoms with E-state index in [0.717, 1.165) is 25.3 Å². The first-order valence-electron chi connectivity index (χ1n) is 5.62. The van der Waals surface area contributed by atoms with Crippen LogP contribution in [0, 0.1) is 0 Å². The monoisotopic (exact) mass is 224 g/mol. The fourth-order valence-electron chi connectivity index (χ4n) is 1.33. The Hall–Kier alpha value is -1.36. The van der Waals surface area contributed by atoms with Gasteiger partial charge in [0.15, 0.2) is 0 Å². The molecule has 0 fully saturated rings. The maximum atomic E-state index is 11.7. The fraction of sp³-hybridized carbons (Fsp3) is 0.636. The molecule has 1 aromatic heterocycles. The average molecular weight is 224 g/mol. The highest BCUT2D eigenvalue weighted by molar-refractivity contribution is 5.75. The zero-order chi connectivity index (χ0) is 12.0. The highest BCUT2D eigenvalue weighted by Gasteiger charge is 2.09. The van der Waals surface area contributed by atoms with E-state index >= 15 is 0 Å². The van der Waals surface area contributed by atoms with E-state index < -0.39 is 0 Å². The molecular formula is C11H20N4O. The Morgan fingerprint density at radius 1 is 1.56 bits per heavy atom. The Bertz CT molecular complexity index is 334. The first-order chi connectivity index (χ1) is 7.69. The third-order valence-electron chi connectivity index (χ3n) is 2.56. The summed E-state index contributed by atoms with van der Waals surface area (Å²) in [6, 6.07) is 0. The van der Waals surface area contributed by atoms with Crippen molar-refractivity contribution in [1.29, 1.82) is 0 Å². The Kier molecular flexibility index (Phi) is 4.98. The van der Waals surface area contributed by atoms with Crippen LogP contribution in [0.4, 0.5) is 0 Å². The molecule has 1 heterocycles. The molecule has 0 saturated heterocycles. The molecule has 16 heavy (non-hydrogen) atoms. The van der Waals surface area contributed by atoms with Crippen molar-refractivity contribution in [3.05, 3.63) is 18.2 Å². The van der Waals surface area contributed by atoms with Gasteiger partial charge in [-0.05, 0) is 13.5 Å². The van der Waals surface area contributed by atoms with Crippen LogP contribution in [0.1, 0.15) is 19.5 Å². The number of aromatic nitrogens is 2. The summed E-state index contributed by atoms with van der Waals surface area (Å²) in [6.45, 7) is 6.77. The third-order valence-corrected chi connectivity index (χ3v) is 2.56. The summed E-state index contributed by atoms with van der Waals surface area (Å²) < 4.78 is 1.89. The number of hydrogen-bond acceptors (Lipinski definition) is 3. The molecule has 1 amide bonds. The van der Waals surface area contributed by atoms with Crippen LogP contribution in [0.3, 0.4) is 0 Å². The van der Waals surface area contributed by atoms with Gasteiger partial charge in [-0.2, -0.15) is 0 Å². The van der Waals surface area contributed by atoms with Crippen molar-refractivity contribution in [3.63, 3.8) is 0 Å². The maximum Gasteiger partial charge on any atom is 0.242 e. The van der Waals surface area contributed by atoms with Gasteiger partial charge in [0.1, 0.15) is 6.54 Å². The summed E-state index contributed by atoms with van der Waals surface area (Å²) in [6.07, 6.45) is 3.50. The fourth-order valence-corrected chi connectivity index (χ4v) is 1.33. The molecular weight excluding hydrogens is 204 g/mol. The Labute approximate surface area is 96.5 Å². The molecule has 0 aliphatic heterocycles. The number of nitrogens with zero attached hydrogens (tertiary/aromatic N) is 3. The maximum absolute atomic E-state index is 11.7. The second-order valence-corrected chi connectivity index (χ2v) is 3.70. The number of rotatable bonds is 6. The van der Waals surface area contributed by atoms with Crippen LogP contribution < -0.4 is 5.32 Å². The summed E-state index contributed by atoms with van der Waals surface area (Å²) in [5.74, 6) is 0.109. The number of carbonyl (C=O) groups is 1. The van der Waals surface area contributed by atoms with Gasteiger partial charge in [-0.1, -0.05) is 6.92 Å². The summed E-state index contributed by atoms with van der Waals surface area (Å²) >= 11 is 0. The molecule has 0 atom stereocenters. The molecule has 5 heteroatoms. The Balaban J connectivity index is 2.59. The number of likely N-dealkylation sites (N-methyl/N-ethyl adjacent to an activating group) is 1. The van der Waals surface area contributed by atoms with Crippen molar-refractivity contribution in [2.24, 2.45) is 0 Å². The van der Waals surface area contributed by atoms with Crippen LogP contribution in [-0.2, 0) is 17.9 Å². The standard InChI is InChI=1S/C11H20N4O/c1-4-12-6-10-7-13-9-15(10)8-11(16)14(3)5-2/h7,9,12H,4-6,8H2,1-3H3. The predicted molar refractivity (Wildman–Crippen MR) is 62.9 cm³/mol. The average Bonchev–Trinajstić information content (AvgIpc) is 2.72. The second-order valence-electron chi connectivity index (χ2n) is 3.70. The van der Waals surface area contributed by atoms with E-state index in [2.05, 4.69) is 17.2 Å². The van der Waals surface area contributed by atoms with Crippen LogP contribution in [0.15, 0.2) is 12.5 Å². The first kappa shape index (κ1) is 12.7. The van der Waals surface area contributed by atoms with Crippen LogP contribution in [-0.4, -0.2) is 40.5 Å². The summed E-state index contributed by atoms with van der Waals surface area (Å²) in [4.78, 5) is 17.5. The number of nitrogens with one attached hydrogen (secondary N) is 1. The summed E-state index contributed by atoms with van der Waals surface area (Å²) in [7, 11) is 1.81. The highest BCUT2D eigenvalue weighted by Crippen LogP contribution is 2.00.